The third-order valence-corrected chi connectivity index (χ3v) is 5.52. The molecule has 0 aromatic carbocycles. The molecule has 0 aliphatic heterocycles. The van der Waals surface area contributed by atoms with Crippen LogP contribution in [0.3, 0.4) is 0 Å². The molecule has 1 aliphatic carbocycles. The second-order valence-electron chi connectivity index (χ2n) is 5.70. The summed E-state index contributed by atoms with van der Waals surface area (Å²) in [4.78, 5) is 6.06. The molecule has 0 amide bonds. The number of nitrogens with zero attached hydrogens (tertiary/aromatic N) is 1. The number of rotatable bonds is 6. The number of ether oxygens (including phenoxy) is 1. The summed E-state index contributed by atoms with van der Waals surface area (Å²) in [5.74, 6) is 0.809. The summed E-state index contributed by atoms with van der Waals surface area (Å²) in [6.45, 7) is 7.51. The van der Waals surface area contributed by atoms with Crippen LogP contribution in [0.15, 0.2) is 0 Å². The normalized spacial score (nSPS) is 24.8. The fourth-order valence-corrected chi connectivity index (χ4v) is 4.01. The lowest BCUT2D eigenvalue weighted by Crippen LogP contribution is -2.33. The molecule has 0 spiro atoms. The zero-order valence-corrected chi connectivity index (χ0v) is 13.3. The lowest BCUT2D eigenvalue weighted by Gasteiger charge is -2.22. The number of thiazole rings is 1. The first-order valence-corrected chi connectivity index (χ1v) is 8.14. The van der Waals surface area contributed by atoms with Crippen LogP contribution in [0.5, 0.6) is 0 Å². The molecule has 1 aliphatic rings. The van der Waals surface area contributed by atoms with Gasteiger partial charge in [-0.05, 0) is 32.6 Å². The number of methoxy groups -OCH3 is 1. The first-order valence-electron chi connectivity index (χ1n) is 7.33. The van der Waals surface area contributed by atoms with E-state index in [1.807, 2.05) is 11.3 Å². The van der Waals surface area contributed by atoms with Crippen molar-refractivity contribution >= 4 is 11.3 Å². The van der Waals surface area contributed by atoms with Gasteiger partial charge < -0.3 is 10.1 Å². The van der Waals surface area contributed by atoms with E-state index in [0.717, 1.165) is 18.9 Å². The van der Waals surface area contributed by atoms with Crippen LogP contribution >= 0.6 is 11.3 Å². The zero-order valence-electron chi connectivity index (χ0n) is 12.5. The van der Waals surface area contributed by atoms with E-state index in [1.54, 1.807) is 7.11 Å². The Morgan fingerprint density at radius 1 is 1.47 bits per heavy atom. The Labute approximate surface area is 120 Å². The van der Waals surface area contributed by atoms with E-state index in [0.29, 0.717) is 12.1 Å². The van der Waals surface area contributed by atoms with Gasteiger partial charge in [0.2, 0.25) is 0 Å². The molecule has 0 radical (unpaired) electrons. The summed E-state index contributed by atoms with van der Waals surface area (Å²) in [5, 5.41) is 4.99. The van der Waals surface area contributed by atoms with Gasteiger partial charge in [-0.1, -0.05) is 13.3 Å². The number of hydrogen-bond acceptors (Lipinski definition) is 4. The lowest BCUT2D eigenvalue weighted by atomic mass is 10.1. The van der Waals surface area contributed by atoms with Crippen LogP contribution in [0.2, 0.25) is 0 Å². The Balaban J connectivity index is 1.97. The van der Waals surface area contributed by atoms with Gasteiger partial charge in [0.05, 0.1) is 17.3 Å². The average molecular weight is 282 g/mol. The Morgan fingerprint density at radius 3 is 2.89 bits per heavy atom. The highest BCUT2D eigenvalue weighted by atomic mass is 32.1. The van der Waals surface area contributed by atoms with Crippen molar-refractivity contribution in [2.75, 3.05) is 13.7 Å². The SMILES string of the molecule is COCCc1nc(C)c([C@H](C)N[C@H]2CCC[C@H]2C)s1. The van der Waals surface area contributed by atoms with Crippen LogP contribution in [-0.2, 0) is 11.2 Å². The van der Waals surface area contributed by atoms with Crippen molar-refractivity contribution in [1.29, 1.82) is 0 Å². The maximum absolute atomic E-state index is 5.13. The molecule has 1 fully saturated rings. The molecule has 108 valence electrons. The molecule has 1 saturated carbocycles. The van der Waals surface area contributed by atoms with Crippen molar-refractivity contribution in [3.63, 3.8) is 0 Å². The van der Waals surface area contributed by atoms with E-state index < -0.39 is 0 Å². The highest BCUT2D eigenvalue weighted by Gasteiger charge is 2.26. The van der Waals surface area contributed by atoms with Crippen LogP contribution in [-0.4, -0.2) is 24.7 Å². The van der Waals surface area contributed by atoms with E-state index in [-0.39, 0.29) is 0 Å². The standard InChI is InChI=1S/C15H26N2OS/c1-10-6-5-7-13(10)16-11(2)15-12(3)17-14(19-15)8-9-18-4/h10-11,13,16H,5-9H2,1-4H3/t10-,11+,13+/m1/s1. The van der Waals surface area contributed by atoms with Gasteiger partial charge in [0.25, 0.3) is 0 Å². The molecule has 1 aromatic rings. The van der Waals surface area contributed by atoms with Crippen LogP contribution in [0.4, 0.5) is 0 Å². The van der Waals surface area contributed by atoms with Crippen LogP contribution < -0.4 is 5.32 Å². The predicted octanol–water partition coefficient (Wildman–Crippen LogP) is 3.48. The molecule has 0 saturated heterocycles. The van der Waals surface area contributed by atoms with Crippen molar-refractivity contribution in [2.45, 2.75) is 58.5 Å². The minimum atomic E-state index is 0.416. The van der Waals surface area contributed by atoms with Gasteiger partial charge in [0.1, 0.15) is 0 Å². The Kier molecular flexibility index (Phi) is 5.37. The molecule has 2 rings (SSSR count). The Morgan fingerprint density at radius 2 is 2.26 bits per heavy atom. The van der Waals surface area contributed by atoms with Crippen LogP contribution in [0.25, 0.3) is 0 Å². The number of aryl methyl sites for hydroxylation is 1. The number of aromatic nitrogens is 1. The second kappa shape index (κ2) is 6.82. The zero-order chi connectivity index (χ0) is 13.8. The minimum Gasteiger partial charge on any atom is -0.384 e. The van der Waals surface area contributed by atoms with Gasteiger partial charge in [-0.25, -0.2) is 4.98 Å². The molecular formula is C15H26N2OS. The van der Waals surface area contributed by atoms with Crippen molar-refractivity contribution in [1.82, 2.24) is 10.3 Å². The average Bonchev–Trinajstić information content (AvgIpc) is 2.94. The fraction of sp³-hybridized carbons (Fsp3) is 0.800. The summed E-state index contributed by atoms with van der Waals surface area (Å²) in [6.07, 6.45) is 4.98. The van der Waals surface area contributed by atoms with Gasteiger partial charge in [0, 0.05) is 30.5 Å². The first-order chi connectivity index (χ1) is 9.11. The third-order valence-electron chi connectivity index (χ3n) is 4.12. The molecule has 1 N–H and O–H groups in total. The molecule has 3 nitrogen and oxygen atoms in total. The highest BCUT2D eigenvalue weighted by molar-refractivity contribution is 7.11. The smallest absolute Gasteiger partial charge is 0.0954 e. The van der Waals surface area contributed by atoms with E-state index in [4.69, 9.17) is 4.74 Å². The predicted molar refractivity (Wildman–Crippen MR) is 80.8 cm³/mol. The quantitative estimate of drug-likeness (QED) is 0.867. The lowest BCUT2D eigenvalue weighted by molar-refractivity contribution is 0.202. The van der Waals surface area contributed by atoms with Gasteiger partial charge in [-0.3, -0.25) is 0 Å². The highest BCUT2D eigenvalue weighted by Crippen LogP contribution is 2.30. The Bertz CT molecular complexity index is 405. The second-order valence-corrected chi connectivity index (χ2v) is 6.82. The monoisotopic (exact) mass is 282 g/mol. The van der Waals surface area contributed by atoms with Crippen molar-refractivity contribution in [3.05, 3.63) is 15.6 Å². The third kappa shape index (κ3) is 3.77. The fourth-order valence-electron chi connectivity index (χ4n) is 2.95. The van der Waals surface area contributed by atoms with Gasteiger partial charge in [0.15, 0.2) is 0 Å². The van der Waals surface area contributed by atoms with Crippen LogP contribution in [0.1, 0.15) is 54.7 Å². The molecule has 0 bridgehead atoms. The summed E-state index contributed by atoms with van der Waals surface area (Å²) >= 11 is 1.84. The largest absolute Gasteiger partial charge is 0.384 e. The molecular weight excluding hydrogens is 256 g/mol. The summed E-state index contributed by atoms with van der Waals surface area (Å²) in [5.41, 5.74) is 1.18. The molecule has 19 heavy (non-hydrogen) atoms. The van der Waals surface area contributed by atoms with Gasteiger partial charge in [-0.2, -0.15) is 0 Å². The molecule has 1 heterocycles. The summed E-state index contributed by atoms with van der Waals surface area (Å²) < 4.78 is 5.13. The van der Waals surface area contributed by atoms with Crippen molar-refractivity contribution < 1.29 is 4.74 Å². The molecule has 4 heteroatoms. The van der Waals surface area contributed by atoms with Gasteiger partial charge in [-0.15, -0.1) is 11.3 Å². The number of hydrogen-bond donors (Lipinski definition) is 1. The van der Waals surface area contributed by atoms with E-state index in [1.165, 1.54) is 34.8 Å². The van der Waals surface area contributed by atoms with Crippen LogP contribution in [0, 0.1) is 12.8 Å². The molecule has 3 atom stereocenters. The summed E-state index contributed by atoms with van der Waals surface area (Å²) in [6, 6.07) is 1.10. The first kappa shape index (κ1) is 14.9. The summed E-state index contributed by atoms with van der Waals surface area (Å²) in [7, 11) is 1.74. The Hall–Kier alpha value is -0.450. The minimum absolute atomic E-state index is 0.416. The van der Waals surface area contributed by atoms with Crippen molar-refractivity contribution in [2.24, 2.45) is 5.92 Å². The van der Waals surface area contributed by atoms with E-state index in [2.05, 4.69) is 31.1 Å². The number of nitrogens with one attached hydrogen (secondary N) is 1. The maximum Gasteiger partial charge on any atom is 0.0954 e. The maximum atomic E-state index is 5.13. The molecule has 1 aromatic heterocycles. The topological polar surface area (TPSA) is 34.1 Å². The van der Waals surface area contributed by atoms with Gasteiger partial charge >= 0.3 is 0 Å². The van der Waals surface area contributed by atoms with E-state index in [9.17, 15) is 0 Å². The molecule has 0 unspecified atom stereocenters. The van der Waals surface area contributed by atoms with Crippen molar-refractivity contribution in [3.8, 4) is 0 Å². The van der Waals surface area contributed by atoms with E-state index >= 15 is 0 Å².